The van der Waals surface area contributed by atoms with Gasteiger partial charge in [0.15, 0.2) is 0 Å². The van der Waals surface area contributed by atoms with Crippen LogP contribution < -0.4 is 0 Å². The second-order valence-corrected chi connectivity index (χ2v) is 5.15. The zero-order chi connectivity index (χ0) is 11.5. The van der Waals surface area contributed by atoms with E-state index in [0.29, 0.717) is 12.3 Å². The van der Waals surface area contributed by atoms with Crippen molar-refractivity contribution in [2.24, 2.45) is 11.3 Å². The quantitative estimate of drug-likeness (QED) is 0.698. The maximum atomic E-state index is 11.8. The Morgan fingerprint density at radius 3 is 2.40 bits per heavy atom. The molecular weight excluding hydrogens is 188 g/mol. The third-order valence-electron chi connectivity index (χ3n) is 3.07. The van der Waals surface area contributed by atoms with Crippen LogP contribution in [0.25, 0.3) is 0 Å². The van der Waals surface area contributed by atoms with Crippen LogP contribution in [0.5, 0.6) is 0 Å². The summed E-state index contributed by atoms with van der Waals surface area (Å²) < 4.78 is 0. The molecule has 0 aromatic heterocycles. The van der Waals surface area contributed by atoms with E-state index in [1.807, 2.05) is 11.8 Å². The summed E-state index contributed by atoms with van der Waals surface area (Å²) in [4.78, 5) is 13.7. The predicted octanol–water partition coefficient (Wildman–Crippen LogP) is 2.18. The standard InChI is InChI=1S/C12H20N2O/c1-10(2)8-11(15)14-6-4-12(3,9-13)5-7-14/h10H,4-8H2,1-3H3. The third-order valence-corrected chi connectivity index (χ3v) is 3.07. The van der Waals surface area contributed by atoms with Gasteiger partial charge < -0.3 is 4.90 Å². The van der Waals surface area contributed by atoms with Gasteiger partial charge in [0.05, 0.1) is 11.5 Å². The number of carbonyl (C=O) groups excluding carboxylic acids is 1. The van der Waals surface area contributed by atoms with Gasteiger partial charge in [-0.25, -0.2) is 0 Å². The van der Waals surface area contributed by atoms with Crippen molar-refractivity contribution in [1.29, 1.82) is 5.26 Å². The van der Waals surface area contributed by atoms with Crippen LogP contribution in [0, 0.1) is 22.7 Å². The van der Waals surface area contributed by atoms with Crippen LogP contribution in [0.15, 0.2) is 0 Å². The van der Waals surface area contributed by atoms with Crippen molar-refractivity contribution in [3.63, 3.8) is 0 Å². The molecule has 1 aliphatic heterocycles. The number of rotatable bonds is 2. The third kappa shape index (κ3) is 3.23. The van der Waals surface area contributed by atoms with E-state index >= 15 is 0 Å². The minimum atomic E-state index is -0.214. The molecule has 0 aliphatic carbocycles. The number of amides is 1. The summed E-state index contributed by atoms with van der Waals surface area (Å²) in [5.41, 5.74) is -0.214. The lowest BCUT2D eigenvalue weighted by atomic mass is 9.82. The van der Waals surface area contributed by atoms with E-state index in [-0.39, 0.29) is 11.3 Å². The average molecular weight is 208 g/mol. The fourth-order valence-electron chi connectivity index (χ4n) is 1.84. The van der Waals surface area contributed by atoms with Crippen molar-refractivity contribution in [2.45, 2.75) is 40.0 Å². The Balaban J connectivity index is 2.44. The lowest BCUT2D eigenvalue weighted by Gasteiger charge is -2.35. The van der Waals surface area contributed by atoms with Gasteiger partial charge >= 0.3 is 0 Å². The molecule has 0 spiro atoms. The molecule has 0 unspecified atom stereocenters. The van der Waals surface area contributed by atoms with Gasteiger partial charge in [0, 0.05) is 19.5 Å². The lowest BCUT2D eigenvalue weighted by Crippen LogP contribution is -2.41. The summed E-state index contributed by atoms with van der Waals surface area (Å²) in [6, 6.07) is 2.34. The molecule has 1 heterocycles. The SMILES string of the molecule is CC(C)CC(=O)N1CCC(C)(C#N)CC1. The minimum absolute atomic E-state index is 0.214. The second kappa shape index (κ2) is 4.65. The first-order chi connectivity index (χ1) is 6.97. The normalized spacial score (nSPS) is 20.1. The molecule has 0 radical (unpaired) electrons. The monoisotopic (exact) mass is 208 g/mol. The fourth-order valence-corrected chi connectivity index (χ4v) is 1.84. The van der Waals surface area contributed by atoms with Crippen LogP contribution >= 0.6 is 0 Å². The smallest absolute Gasteiger partial charge is 0.222 e. The molecule has 0 aromatic rings. The first kappa shape index (κ1) is 12.0. The van der Waals surface area contributed by atoms with Gasteiger partial charge in [-0.15, -0.1) is 0 Å². The molecule has 1 fully saturated rings. The molecule has 0 bridgehead atoms. The van der Waals surface area contributed by atoms with Gasteiger partial charge in [0.25, 0.3) is 0 Å². The van der Waals surface area contributed by atoms with Crippen LogP contribution in [-0.2, 0) is 4.79 Å². The van der Waals surface area contributed by atoms with Crippen LogP contribution in [0.2, 0.25) is 0 Å². The molecule has 15 heavy (non-hydrogen) atoms. The van der Waals surface area contributed by atoms with Crippen molar-refractivity contribution < 1.29 is 4.79 Å². The predicted molar refractivity (Wildman–Crippen MR) is 59.0 cm³/mol. The van der Waals surface area contributed by atoms with Gasteiger partial charge in [-0.05, 0) is 25.7 Å². The number of hydrogen-bond donors (Lipinski definition) is 0. The molecule has 0 N–H and O–H groups in total. The summed E-state index contributed by atoms with van der Waals surface area (Å²) >= 11 is 0. The summed E-state index contributed by atoms with van der Waals surface area (Å²) in [5.74, 6) is 0.659. The molecule has 3 heteroatoms. The Kier molecular flexibility index (Phi) is 3.73. The molecule has 3 nitrogen and oxygen atoms in total. The lowest BCUT2D eigenvalue weighted by molar-refractivity contribution is -0.133. The van der Waals surface area contributed by atoms with Crippen molar-refractivity contribution in [1.82, 2.24) is 4.90 Å². The van der Waals surface area contributed by atoms with Gasteiger partial charge in [-0.1, -0.05) is 13.8 Å². The summed E-state index contributed by atoms with van der Waals surface area (Å²) in [6.07, 6.45) is 2.25. The van der Waals surface area contributed by atoms with E-state index < -0.39 is 0 Å². The van der Waals surface area contributed by atoms with E-state index in [1.54, 1.807) is 0 Å². The van der Waals surface area contributed by atoms with Gasteiger partial charge in [-0.2, -0.15) is 5.26 Å². The molecule has 0 aromatic carbocycles. The highest BCUT2D eigenvalue weighted by Gasteiger charge is 2.31. The number of carbonyl (C=O) groups is 1. The molecule has 0 saturated carbocycles. The Morgan fingerprint density at radius 1 is 1.47 bits per heavy atom. The van der Waals surface area contributed by atoms with E-state index in [0.717, 1.165) is 25.9 Å². The number of nitriles is 1. The van der Waals surface area contributed by atoms with Crippen molar-refractivity contribution in [3.8, 4) is 6.07 Å². The van der Waals surface area contributed by atoms with Crippen molar-refractivity contribution in [2.75, 3.05) is 13.1 Å². The Bertz CT molecular complexity index is 270. The number of piperidine rings is 1. The molecule has 1 aliphatic rings. The Hall–Kier alpha value is -1.04. The molecule has 1 amide bonds. The van der Waals surface area contributed by atoms with Crippen LogP contribution in [-0.4, -0.2) is 23.9 Å². The number of hydrogen-bond acceptors (Lipinski definition) is 2. The highest BCUT2D eigenvalue weighted by Crippen LogP contribution is 2.30. The Morgan fingerprint density at radius 2 is 2.00 bits per heavy atom. The maximum absolute atomic E-state index is 11.8. The van der Waals surface area contributed by atoms with Gasteiger partial charge in [-0.3, -0.25) is 4.79 Å². The van der Waals surface area contributed by atoms with Gasteiger partial charge in [0.1, 0.15) is 0 Å². The highest BCUT2D eigenvalue weighted by atomic mass is 16.2. The largest absolute Gasteiger partial charge is 0.343 e. The maximum Gasteiger partial charge on any atom is 0.222 e. The Labute approximate surface area is 92.1 Å². The van der Waals surface area contributed by atoms with E-state index in [9.17, 15) is 4.79 Å². The molecule has 1 saturated heterocycles. The van der Waals surface area contributed by atoms with Crippen LogP contribution in [0.4, 0.5) is 0 Å². The molecule has 84 valence electrons. The minimum Gasteiger partial charge on any atom is -0.343 e. The van der Waals surface area contributed by atoms with E-state index in [1.165, 1.54) is 0 Å². The zero-order valence-electron chi connectivity index (χ0n) is 9.92. The zero-order valence-corrected chi connectivity index (χ0v) is 9.92. The van der Waals surface area contributed by atoms with E-state index in [2.05, 4.69) is 19.9 Å². The summed E-state index contributed by atoms with van der Waals surface area (Å²) in [5, 5.41) is 8.97. The average Bonchev–Trinajstić information content (AvgIpc) is 2.18. The first-order valence-corrected chi connectivity index (χ1v) is 5.66. The topological polar surface area (TPSA) is 44.1 Å². The van der Waals surface area contributed by atoms with E-state index in [4.69, 9.17) is 5.26 Å². The summed E-state index contributed by atoms with van der Waals surface area (Å²) in [6.45, 7) is 7.59. The number of likely N-dealkylation sites (tertiary alicyclic amines) is 1. The van der Waals surface area contributed by atoms with Crippen LogP contribution in [0.1, 0.15) is 40.0 Å². The highest BCUT2D eigenvalue weighted by molar-refractivity contribution is 5.76. The number of nitrogens with zero attached hydrogens (tertiary/aromatic N) is 2. The summed E-state index contributed by atoms with van der Waals surface area (Å²) in [7, 11) is 0. The fraction of sp³-hybridized carbons (Fsp3) is 0.833. The second-order valence-electron chi connectivity index (χ2n) is 5.15. The van der Waals surface area contributed by atoms with Crippen molar-refractivity contribution >= 4 is 5.91 Å². The molecule has 0 atom stereocenters. The van der Waals surface area contributed by atoms with Crippen LogP contribution in [0.3, 0.4) is 0 Å². The van der Waals surface area contributed by atoms with Crippen molar-refractivity contribution in [3.05, 3.63) is 0 Å². The first-order valence-electron chi connectivity index (χ1n) is 5.66. The molecular formula is C12H20N2O. The van der Waals surface area contributed by atoms with Gasteiger partial charge in [0.2, 0.25) is 5.91 Å². The molecule has 1 rings (SSSR count).